The Kier molecular flexibility index (Phi) is 5.40. The number of nitrogens with zero attached hydrogens (tertiary/aromatic N) is 5. The maximum Gasteiger partial charge on any atom is 0.280 e. The van der Waals surface area contributed by atoms with Gasteiger partial charge in [0.05, 0.1) is 24.3 Å². The van der Waals surface area contributed by atoms with Crippen molar-refractivity contribution in [3.8, 4) is 5.75 Å². The van der Waals surface area contributed by atoms with Gasteiger partial charge in [-0.05, 0) is 24.3 Å². The van der Waals surface area contributed by atoms with E-state index in [1.165, 1.54) is 18.7 Å². The lowest BCUT2D eigenvalue weighted by molar-refractivity contribution is 0.100. The van der Waals surface area contributed by atoms with E-state index in [9.17, 15) is 4.79 Å². The number of amides is 1. The molecule has 7 nitrogen and oxygen atoms in total. The van der Waals surface area contributed by atoms with Crippen LogP contribution in [0.4, 0.5) is 0 Å². The second-order valence-corrected chi connectivity index (χ2v) is 4.85. The van der Waals surface area contributed by atoms with E-state index in [1.54, 1.807) is 66.0 Å². The molecule has 1 aromatic carbocycles. The summed E-state index contributed by atoms with van der Waals surface area (Å²) < 4.78 is 5.50. The van der Waals surface area contributed by atoms with Crippen molar-refractivity contribution in [2.75, 3.05) is 6.67 Å². The highest BCUT2D eigenvalue weighted by Crippen LogP contribution is 2.19. The monoisotopic (exact) mass is 333 g/mol. The zero-order valence-corrected chi connectivity index (χ0v) is 13.3. The molecule has 2 aliphatic rings. The molecule has 3 rings (SSSR count). The molecule has 7 heteroatoms. The minimum atomic E-state index is -0.413. The lowest BCUT2D eigenvalue weighted by Gasteiger charge is -2.18. The van der Waals surface area contributed by atoms with E-state index in [0.29, 0.717) is 23.8 Å². The maximum atomic E-state index is 12.2. The zero-order valence-electron chi connectivity index (χ0n) is 13.3. The molecule has 0 radical (unpaired) electrons. The molecule has 0 saturated heterocycles. The fourth-order valence-corrected chi connectivity index (χ4v) is 2.03. The van der Waals surface area contributed by atoms with E-state index in [1.807, 2.05) is 0 Å². The minimum Gasteiger partial charge on any atom is -0.464 e. The first-order chi connectivity index (χ1) is 12.3. The summed E-state index contributed by atoms with van der Waals surface area (Å²) in [6.07, 6.45) is 14.5. The van der Waals surface area contributed by atoms with Crippen LogP contribution < -0.4 is 4.74 Å². The number of carbonyl (C=O) groups is 1. The van der Waals surface area contributed by atoms with E-state index < -0.39 is 5.91 Å². The Labute approximate surface area is 144 Å². The SMILES string of the molecule is O=C1N=C/C=N\N2CN=CC=C2\N=C/C=C\C=C/Oc2ccccc21. The number of ether oxygens (including phenoxy) is 1. The van der Waals surface area contributed by atoms with Crippen LogP contribution in [0, 0.1) is 0 Å². The fraction of sp³-hybridized carbons (Fsp3) is 0.0556. The molecule has 0 saturated carbocycles. The summed E-state index contributed by atoms with van der Waals surface area (Å²) in [5.74, 6) is 0.652. The van der Waals surface area contributed by atoms with Gasteiger partial charge in [-0.25, -0.2) is 15.0 Å². The molecule has 1 aromatic rings. The van der Waals surface area contributed by atoms with E-state index in [4.69, 9.17) is 4.74 Å². The largest absolute Gasteiger partial charge is 0.464 e. The Hall–Kier alpha value is -3.61. The van der Waals surface area contributed by atoms with Crippen molar-refractivity contribution >= 4 is 30.8 Å². The number of benzene rings is 1. The summed E-state index contributed by atoms with van der Waals surface area (Å²) >= 11 is 0. The van der Waals surface area contributed by atoms with E-state index in [0.717, 1.165) is 0 Å². The first-order valence-electron chi connectivity index (χ1n) is 7.55. The van der Waals surface area contributed by atoms with Crippen LogP contribution >= 0.6 is 0 Å². The topological polar surface area (TPSA) is 79.0 Å². The van der Waals surface area contributed by atoms with E-state index >= 15 is 0 Å². The first kappa shape index (κ1) is 16.3. The van der Waals surface area contributed by atoms with Gasteiger partial charge in [-0.2, -0.15) is 5.10 Å². The van der Waals surface area contributed by atoms with Gasteiger partial charge < -0.3 is 4.74 Å². The lowest BCUT2D eigenvalue weighted by Crippen LogP contribution is -2.19. The molecule has 25 heavy (non-hydrogen) atoms. The second kappa shape index (κ2) is 8.30. The van der Waals surface area contributed by atoms with Crippen molar-refractivity contribution in [3.05, 3.63) is 66.2 Å². The van der Waals surface area contributed by atoms with Gasteiger partial charge >= 0.3 is 0 Å². The Morgan fingerprint density at radius 2 is 1.88 bits per heavy atom. The molecule has 0 spiro atoms. The molecule has 0 aromatic heterocycles. The summed E-state index contributed by atoms with van der Waals surface area (Å²) in [4.78, 5) is 24.5. The Balaban J connectivity index is 1.90. The zero-order chi connectivity index (χ0) is 17.3. The molecule has 0 fully saturated rings. The number of aliphatic imine (C=N–C) groups is 3. The molecule has 0 bridgehead atoms. The molecule has 0 unspecified atom stereocenters. The Morgan fingerprint density at radius 1 is 0.960 bits per heavy atom. The summed E-state index contributed by atoms with van der Waals surface area (Å²) in [5.41, 5.74) is 0.373. The van der Waals surface area contributed by atoms with Crippen molar-refractivity contribution in [3.63, 3.8) is 0 Å². The number of hydrogen-bond donors (Lipinski definition) is 0. The number of hydrazone groups is 1. The van der Waals surface area contributed by atoms with Crippen LogP contribution in [-0.4, -0.2) is 42.4 Å². The summed E-state index contributed by atoms with van der Waals surface area (Å²) in [6, 6.07) is 6.91. The summed E-state index contributed by atoms with van der Waals surface area (Å²) in [7, 11) is 0. The molecular formula is C18H15N5O2. The molecule has 2 aliphatic heterocycles. The molecule has 0 N–H and O–H groups in total. The van der Waals surface area contributed by atoms with Crippen molar-refractivity contribution < 1.29 is 9.53 Å². The van der Waals surface area contributed by atoms with Crippen molar-refractivity contribution in [1.29, 1.82) is 0 Å². The summed E-state index contributed by atoms with van der Waals surface area (Å²) in [6.45, 7) is 0.349. The highest BCUT2D eigenvalue weighted by molar-refractivity contribution is 6.20. The van der Waals surface area contributed by atoms with Gasteiger partial charge in [0.2, 0.25) is 0 Å². The molecule has 2 heterocycles. The highest BCUT2D eigenvalue weighted by Gasteiger charge is 2.10. The third-order valence-corrected chi connectivity index (χ3v) is 3.18. The van der Waals surface area contributed by atoms with Crippen LogP contribution in [0.2, 0.25) is 0 Å². The van der Waals surface area contributed by atoms with Gasteiger partial charge in [0.25, 0.3) is 5.91 Å². The van der Waals surface area contributed by atoms with Gasteiger partial charge in [-0.15, -0.1) is 0 Å². The molecular weight excluding hydrogens is 318 g/mol. The van der Waals surface area contributed by atoms with Crippen LogP contribution in [-0.2, 0) is 0 Å². The predicted octanol–water partition coefficient (Wildman–Crippen LogP) is 2.60. The average Bonchev–Trinajstić information content (AvgIpc) is 2.65. The maximum absolute atomic E-state index is 12.2. The van der Waals surface area contributed by atoms with Crippen molar-refractivity contribution in [2.24, 2.45) is 20.1 Å². The standard InChI is InChI=1S/C18H15N5O2/c24-18-15-6-2-3-7-16(15)25-13-5-1-4-9-20-17-8-10-19-14-23(17)22-12-11-21-18/h1-13H,14H2/b4-1-,13-5-,20-9-,21-11?,22-12-. The van der Waals surface area contributed by atoms with Crippen LogP contribution in [0.25, 0.3) is 0 Å². The first-order valence-corrected chi connectivity index (χ1v) is 7.55. The van der Waals surface area contributed by atoms with E-state index in [2.05, 4.69) is 20.1 Å². The van der Waals surface area contributed by atoms with Crippen LogP contribution in [0.3, 0.4) is 0 Å². The number of carbonyl (C=O) groups excluding carboxylic acids is 1. The quantitative estimate of drug-likeness (QED) is 0.732. The normalized spacial score (nSPS) is 22.2. The predicted molar refractivity (Wildman–Crippen MR) is 98.4 cm³/mol. The third kappa shape index (κ3) is 4.44. The van der Waals surface area contributed by atoms with Gasteiger partial charge in [0, 0.05) is 18.5 Å². The Morgan fingerprint density at radius 3 is 2.84 bits per heavy atom. The average molecular weight is 333 g/mol. The van der Waals surface area contributed by atoms with Gasteiger partial charge in [0.15, 0.2) is 5.82 Å². The molecule has 0 atom stereocenters. The number of hydrogen-bond acceptors (Lipinski definition) is 6. The van der Waals surface area contributed by atoms with Gasteiger partial charge in [-0.1, -0.05) is 18.2 Å². The van der Waals surface area contributed by atoms with E-state index in [-0.39, 0.29) is 0 Å². The van der Waals surface area contributed by atoms with Gasteiger partial charge in [0.1, 0.15) is 12.4 Å². The van der Waals surface area contributed by atoms with Crippen molar-refractivity contribution in [1.82, 2.24) is 5.01 Å². The summed E-state index contributed by atoms with van der Waals surface area (Å²) in [5, 5.41) is 5.80. The second-order valence-electron chi connectivity index (χ2n) is 4.85. The lowest BCUT2D eigenvalue weighted by atomic mass is 10.2. The van der Waals surface area contributed by atoms with Crippen molar-refractivity contribution in [2.45, 2.75) is 0 Å². The van der Waals surface area contributed by atoms with Crippen LogP contribution in [0.5, 0.6) is 5.75 Å². The number of para-hydroxylation sites is 1. The molecule has 124 valence electrons. The van der Waals surface area contributed by atoms with Crippen LogP contribution in [0.1, 0.15) is 10.4 Å². The van der Waals surface area contributed by atoms with Gasteiger partial charge in [-0.3, -0.25) is 9.79 Å². The number of rotatable bonds is 0. The minimum absolute atomic E-state index is 0.349. The Bertz CT molecular complexity index is 847. The molecule has 1 amide bonds. The molecule has 0 aliphatic carbocycles. The highest BCUT2D eigenvalue weighted by atomic mass is 16.5. The fourth-order valence-electron chi connectivity index (χ4n) is 2.03. The third-order valence-electron chi connectivity index (χ3n) is 3.18. The smallest absolute Gasteiger partial charge is 0.280 e. The van der Waals surface area contributed by atoms with Crippen LogP contribution in [0.15, 0.2) is 80.7 Å². The number of allylic oxidation sites excluding steroid dienone is 4. The number of fused-ring (bicyclic) bond motifs is 2.